The molecule has 0 aliphatic carbocycles. The van der Waals surface area contributed by atoms with Crippen molar-refractivity contribution in [3.8, 4) is 51.0 Å². The predicted molar refractivity (Wildman–Crippen MR) is 236 cm³/mol. The first-order chi connectivity index (χ1) is 28.2. The molecule has 0 radical (unpaired) electrons. The number of benzene rings is 8. The van der Waals surface area contributed by atoms with Crippen LogP contribution in [0.15, 0.2) is 186 Å². The number of rotatable bonds is 5. The van der Waals surface area contributed by atoms with Crippen LogP contribution in [0.25, 0.3) is 115 Å². The molecule has 12 aromatic rings. The number of hydrogen-bond donors (Lipinski definition) is 0. The number of para-hydroxylation sites is 3. The summed E-state index contributed by atoms with van der Waals surface area (Å²) in [6.07, 6.45) is 0. The maximum absolute atomic E-state index is 6.58. The van der Waals surface area contributed by atoms with E-state index in [9.17, 15) is 0 Å². The molecule has 5 nitrogen and oxygen atoms in total. The van der Waals surface area contributed by atoms with Crippen LogP contribution in [0.2, 0.25) is 0 Å². The molecule has 0 saturated heterocycles. The Morgan fingerprint density at radius 2 is 1.07 bits per heavy atom. The van der Waals surface area contributed by atoms with E-state index >= 15 is 0 Å². The molecule has 0 unspecified atom stereocenters. The van der Waals surface area contributed by atoms with E-state index in [2.05, 4.69) is 156 Å². The van der Waals surface area contributed by atoms with Crippen LogP contribution in [0.4, 0.5) is 0 Å². The number of nitrogens with zero attached hydrogens (tertiary/aromatic N) is 4. The van der Waals surface area contributed by atoms with Crippen LogP contribution in [0.5, 0.6) is 0 Å². The Kier molecular flexibility index (Phi) is 7.03. The van der Waals surface area contributed by atoms with Crippen LogP contribution in [-0.2, 0) is 0 Å². The molecule has 0 aliphatic rings. The molecule has 6 heteroatoms. The van der Waals surface area contributed by atoms with Crippen LogP contribution in [-0.4, -0.2) is 19.5 Å². The lowest BCUT2D eigenvalue weighted by Gasteiger charge is -2.11. The van der Waals surface area contributed by atoms with Gasteiger partial charge >= 0.3 is 0 Å². The fourth-order valence-electron chi connectivity index (χ4n) is 8.45. The Morgan fingerprint density at radius 1 is 0.404 bits per heavy atom. The first kappa shape index (κ1) is 31.9. The summed E-state index contributed by atoms with van der Waals surface area (Å²) in [5, 5.41) is 7.01. The van der Waals surface area contributed by atoms with E-state index in [1.807, 2.05) is 30.3 Å². The van der Waals surface area contributed by atoms with E-state index in [-0.39, 0.29) is 0 Å². The van der Waals surface area contributed by atoms with Crippen molar-refractivity contribution in [3.05, 3.63) is 182 Å². The van der Waals surface area contributed by atoms with Gasteiger partial charge in [0.05, 0.1) is 11.0 Å². The fraction of sp³-hybridized carbons (Fsp3) is 0. The maximum Gasteiger partial charge on any atom is 0.165 e. The minimum Gasteiger partial charge on any atom is -0.456 e. The van der Waals surface area contributed by atoms with Gasteiger partial charge in [-0.25, -0.2) is 15.0 Å². The molecule has 4 aromatic heterocycles. The number of hydrogen-bond acceptors (Lipinski definition) is 5. The van der Waals surface area contributed by atoms with E-state index in [4.69, 9.17) is 19.4 Å². The van der Waals surface area contributed by atoms with Gasteiger partial charge in [-0.15, -0.1) is 11.3 Å². The molecular formula is C51H30N4OS. The molecule has 0 saturated carbocycles. The molecule has 4 heterocycles. The lowest BCUT2D eigenvalue weighted by molar-refractivity contribution is 0.669. The maximum atomic E-state index is 6.58. The zero-order valence-electron chi connectivity index (χ0n) is 30.4. The molecule has 266 valence electrons. The molecule has 0 atom stereocenters. The predicted octanol–water partition coefficient (Wildman–Crippen LogP) is 13.9. The summed E-state index contributed by atoms with van der Waals surface area (Å²) in [5.74, 6) is 1.87. The quantitative estimate of drug-likeness (QED) is 0.176. The zero-order chi connectivity index (χ0) is 37.5. The number of fused-ring (bicyclic) bond motifs is 9. The zero-order valence-corrected chi connectivity index (χ0v) is 31.2. The third-order valence-electron chi connectivity index (χ3n) is 11.1. The Labute approximate surface area is 330 Å². The molecular weight excluding hydrogens is 717 g/mol. The van der Waals surface area contributed by atoms with Crippen LogP contribution in [0.1, 0.15) is 0 Å². The number of thiophene rings is 1. The molecule has 0 N–H and O–H groups in total. The monoisotopic (exact) mass is 746 g/mol. The van der Waals surface area contributed by atoms with E-state index < -0.39 is 0 Å². The standard InChI is InChI=1S/C51H30N4OS/c1-3-13-31(14-4-1)49-52-50(54-51(53-49)41-22-12-21-40-38-18-8-10-24-46(38)57-48(40)41)33-25-27-37-42-29-32(26-28-44(42)56-45(37)30-33)35-19-11-20-39-36-17-7-9-23-43(36)55(47(35)39)34-15-5-2-6-16-34/h1-30H. The first-order valence-corrected chi connectivity index (χ1v) is 19.8. The second-order valence-electron chi connectivity index (χ2n) is 14.4. The third-order valence-corrected chi connectivity index (χ3v) is 12.3. The summed E-state index contributed by atoms with van der Waals surface area (Å²) in [6, 6.07) is 63.8. The van der Waals surface area contributed by atoms with Gasteiger partial charge in [0.25, 0.3) is 0 Å². The van der Waals surface area contributed by atoms with Gasteiger partial charge in [0, 0.05) is 69.7 Å². The van der Waals surface area contributed by atoms with Gasteiger partial charge in [-0.05, 0) is 60.2 Å². The highest BCUT2D eigenvalue weighted by atomic mass is 32.1. The van der Waals surface area contributed by atoms with Crippen LogP contribution in [0, 0.1) is 0 Å². The topological polar surface area (TPSA) is 56.7 Å². The van der Waals surface area contributed by atoms with E-state index in [0.717, 1.165) is 49.9 Å². The Balaban J connectivity index is 1.02. The van der Waals surface area contributed by atoms with Gasteiger partial charge in [0.15, 0.2) is 17.5 Å². The summed E-state index contributed by atoms with van der Waals surface area (Å²) in [5.41, 5.74) is 10.2. The summed E-state index contributed by atoms with van der Waals surface area (Å²) in [6.45, 7) is 0. The Morgan fingerprint density at radius 3 is 1.93 bits per heavy atom. The average molecular weight is 747 g/mol. The highest BCUT2D eigenvalue weighted by Crippen LogP contribution is 2.42. The summed E-state index contributed by atoms with van der Waals surface area (Å²) < 4.78 is 11.4. The van der Waals surface area contributed by atoms with Gasteiger partial charge in [-0.1, -0.05) is 127 Å². The van der Waals surface area contributed by atoms with Gasteiger partial charge in [-0.3, -0.25) is 0 Å². The van der Waals surface area contributed by atoms with Crippen molar-refractivity contribution >= 4 is 75.3 Å². The summed E-state index contributed by atoms with van der Waals surface area (Å²) in [4.78, 5) is 15.3. The van der Waals surface area contributed by atoms with Gasteiger partial charge in [-0.2, -0.15) is 0 Å². The van der Waals surface area contributed by atoms with Crippen molar-refractivity contribution in [1.82, 2.24) is 19.5 Å². The molecule has 0 bridgehead atoms. The number of aromatic nitrogens is 4. The summed E-state index contributed by atoms with van der Waals surface area (Å²) in [7, 11) is 0. The Hall–Kier alpha value is -7.41. The van der Waals surface area contributed by atoms with Crippen molar-refractivity contribution in [1.29, 1.82) is 0 Å². The van der Waals surface area contributed by atoms with Crippen LogP contribution >= 0.6 is 11.3 Å². The van der Waals surface area contributed by atoms with Crippen molar-refractivity contribution < 1.29 is 4.42 Å². The lowest BCUT2D eigenvalue weighted by Crippen LogP contribution is -2.00. The molecule has 0 aliphatic heterocycles. The van der Waals surface area contributed by atoms with Crippen molar-refractivity contribution in [2.24, 2.45) is 0 Å². The molecule has 12 rings (SSSR count). The van der Waals surface area contributed by atoms with Crippen LogP contribution < -0.4 is 0 Å². The lowest BCUT2D eigenvalue weighted by atomic mass is 9.99. The van der Waals surface area contributed by atoms with Crippen LogP contribution in [0.3, 0.4) is 0 Å². The fourth-order valence-corrected chi connectivity index (χ4v) is 9.66. The Bertz CT molecular complexity index is 3530. The van der Waals surface area contributed by atoms with Gasteiger partial charge in [0.2, 0.25) is 0 Å². The molecule has 0 spiro atoms. The second kappa shape index (κ2) is 12.6. The van der Waals surface area contributed by atoms with E-state index in [1.54, 1.807) is 11.3 Å². The van der Waals surface area contributed by atoms with Crippen molar-refractivity contribution in [3.63, 3.8) is 0 Å². The normalized spacial score (nSPS) is 11.9. The van der Waals surface area contributed by atoms with E-state index in [1.165, 1.54) is 47.5 Å². The largest absolute Gasteiger partial charge is 0.456 e. The highest BCUT2D eigenvalue weighted by molar-refractivity contribution is 7.26. The van der Waals surface area contributed by atoms with Gasteiger partial charge in [0.1, 0.15) is 11.2 Å². The highest BCUT2D eigenvalue weighted by Gasteiger charge is 2.20. The SMILES string of the molecule is c1ccc(-c2nc(-c3ccc4c(c3)oc3ccc(-c5cccc6c7ccccc7n(-c7ccccc7)c56)cc34)nc(-c3cccc4c3sc3ccccc34)n2)cc1. The molecule has 57 heavy (non-hydrogen) atoms. The first-order valence-electron chi connectivity index (χ1n) is 19.0. The number of furan rings is 1. The second-order valence-corrected chi connectivity index (χ2v) is 15.4. The van der Waals surface area contributed by atoms with Gasteiger partial charge < -0.3 is 8.98 Å². The van der Waals surface area contributed by atoms with Crippen molar-refractivity contribution in [2.75, 3.05) is 0 Å². The third kappa shape index (κ3) is 5.04. The molecule has 0 amide bonds. The van der Waals surface area contributed by atoms with Crippen molar-refractivity contribution in [2.45, 2.75) is 0 Å². The summed E-state index contributed by atoms with van der Waals surface area (Å²) >= 11 is 1.77. The molecule has 8 aromatic carbocycles. The average Bonchev–Trinajstić information content (AvgIpc) is 3.96. The minimum atomic E-state index is 0.598. The smallest absolute Gasteiger partial charge is 0.165 e. The minimum absolute atomic E-state index is 0.598. The molecule has 0 fully saturated rings. The van der Waals surface area contributed by atoms with E-state index in [0.29, 0.717) is 17.5 Å².